The lowest BCUT2D eigenvalue weighted by atomic mass is 10.4. The smallest absolute Gasteiger partial charge is 0.317 e. The highest BCUT2D eigenvalue weighted by molar-refractivity contribution is 8.00. The van der Waals surface area contributed by atoms with E-state index in [0.717, 1.165) is 19.5 Å². The summed E-state index contributed by atoms with van der Waals surface area (Å²) in [6.07, 6.45) is 1.14. The van der Waals surface area contributed by atoms with Crippen molar-refractivity contribution in [3.63, 3.8) is 0 Å². The van der Waals surface area contributed by atoms with Crippen LogP contribution in [0.5, 0.6) is 0 Å². The predicted octanol–water partition coefficient (Wildman–Crippen LogP) is 1.54. The van der Waals surface area contributed by atoms with Crippen molar-refractivity contribution >= 4 is 17.8 Å². The highest BCUT2D eigenvalue weighted by Gasteiger charge is 2.26. The minimum absolute atomic E-state index is 0.0619. The van der Waals surface area contributed by atoms with Crippen molar-refractivity contribution in [1.82, 2.24) is 10.2 Å². The van der Waals surface area contributed by atoms with Crippen LogP contribution in [-0.2, 0) is 0 Å². The van der Waals surface area contributed by atoms with Crippen LogP contribution in [0.2, 0.25) is 0 Å². The van der Waals surface area contributed by atoms with Gasteiger partial charge in [0, 0.05) is 25.4 Å². The van der Waals surface area contributed by atoms with Crippen LogP contribution in [0.1, 0.15) is 20.3 Å². The van der Waals surface area contributed by atoms with Crippen LogP contribution in [0.3, 0.4) is 0 Å². The average Bonchev–Trinajstić information content (AvgIpc) is 2.50. The van der Waals surface area contributed by atoms with Gasteiger partial charge in [-0.3, -0.25) is 0 Å². The Hall–Kier alpha value is -0.380. The largest absolute Gasteiger partial charge is 0.341 e. The summed E-state index contributed by atoms with van der Waals surface area (Å²) < 4.78 is 0. The summed E-state index contributed by atoms with van der Waals surface area (Å²) in [7, 11) is 1.69. The number of hydrogen-bond acceptors (Lipinski definition) is 2. The van der Waals surface area contributed by atoms with Crippen molar-refractivity contribution in [2.75, 3.05) is 20.1 Å². The third-order valence-electron chi connectivity index (χ3n) is 2.11. The van der Waals surface area contributed by atoms with Gasteiger partial charge in [0.2, 0.25) is 0 Å². The Kier molecular flexibility index (Phi) is 3.90. The van der Waals surface area contributed by atoms with E-state index < -0.39 is 0 Å². The average molecular weight is 202 g/mol. The molecule has 0 aromatic heterocycles. The van der Waals surface area contributed by atoms with Crippen LogP contribution < -0.4 is 5.32 Å². The minimum Gasteiger partial charge on any atom is -0.341 e. The van der Waals surface area contributed by atoms with E-state index in [-0.39, 0.29) is 6.03 Å². The molecule has 13 heavy (non-hydrogen) atoms. The molecule has 0 spiro atoms. The number of rotatable bonds is 2. The van der Waals surface area contributed by atoms with Gasteiger partial charge in [0.25, 0.3) is 0 Å². The van der Waals surface area contributed by atoms with Gasteiger partial charge in [-0.1, -0.05) is 13.8 Å². The van der Waals surface area contributed by atoms with Gasteiger partial charge in [-0.15, -0.1) is 0 Å². The molecule has 4 heteroatoms. The summed E-state index contributed by atoms with van der Waals surface area (Å²) in [6.45, 7) is 6.22. The van der Waals surface area contributed by atoms with Gasteiger partial charge in [-0.05, 0) is 11.7 Å². The summed E-state index contributed by atoms with van der Waals surface area (Å²) in [5, 5.41) is 3.96. The fraction of sp³-hybridized carbons (Fsp3) is 0.889. The lowest BCUT2D eigenvalue weighted by Crippen LogP contribution is -2.36. The maximum Gasteiger partial charge on any atom is 0.317 e. The Balaban J connectivity index is 2.32. The lowest BCUT2D eigenvalue weighted by molar-refractivity contribution is 0.211. The van der Waals surface area contributed by atoms with E-state index in [1.54, 1.807) is 7.05 Å². The monoisotopic (exact) mass is 202 g/mol. The van der Waals surface area contributed by atoms with E-state index >= 15 is 0 Å². The second-order valence-corrected chi connectivity index (χ2v) is 5.48. The van der Waals surface area contributed by atoms with Crippen molar-refractivity contribution in [1.29, 1.82) is 0 Å². The molecule has 0 radical (unpaired) electrons. The van der Waals surface area contributed by atoms with Gasteiger partial charge in [0.1, 0.15) is 0 Å². The van der Waals surface area contributed by atoms with Crippen molar-refractivity contribution in [2.45, 2.75) is 30.8 Å². The molecular weight excluding hydrogens is 184 g/mol. The quantitative estimate of drug-likeness (QED) is 0.736. The van der Waals surface area contributed by atoms with Crippen molar-refractivity contribution < 1.29 is 4.79 Å². The molecule has 1 saturated heterocycles. The molecule has 3 nitrogen and oxygen atoms in total. The number of hydrogen-bond donors (Lipinski definition) is 1. The topological polar surface area (TPSA) is 32.3 Å². The Morgan fingerprint density at radius 2 is 2.31 bits per heavy atom. The van der Waals surface area contributed by atoms with Crippen molar-refractivity contribution in [3.05, 3.63) is 0 Å². The van der Waals surface area contributed by atoms with E-state index in [0.29, 0.717) is 10.5 Å². The zero-order valence-electron chi connectivity index (χ0n) is 8.54. The van der Waals surface area contributed by atoms with Gasteiger partial charge in [-0.25, -0.2) is 4.79 Å². The number of thioether (sulfide) groups is 1. The molecule has 0 aromatic carbocycles. The molecule has 1 unspecified atom stereocenters. The molecule has 1 heterocycles. The fourth-order valence-electron chi connectivity index (χ4n) is 1.57. The lowest BCUT2D eigenvalue weighted by Gasteiger charge is -2.16. The van der Waals surface area contributed by atoms with Gasteiger partial charge in [0.15, 0.2) is 0 Å². The molecule has 76 valence electrons. The highest BCUT2D eigenvalue weighted by atomic mass is 32.2. The van der Waals surface area contributed by atoms with Crippen molar-refractivity contribution in [2.24, 2.45) is 0 Å². The van der Waals surface area contributed by atoms with Gasteiger partial charge in [0.05, 0.1) is 0 Å². The van der Waals surface area contributed by atoms with E-state index in [2.05, 4.69) is 19.2 Å². The molecule has 0 aliphatic carbocycles. The zero-order valence-corrected chi connectivity index (χ0v) is 9.36. The Morgan fingerprint density at radius 1 is 1.62 bits per heavy atom. The van der Waals surface area contributed by atoms with E-state index in [1.807, 2.05) is 16.7 Å². The predicted molar refractivity (Wildman–Crippen MR) is 57.2 cm³/mol. The standard InChI is InChI=1S/C9H18N2OS/c1-7(2)13-8-4-5-11(6-8)9(12)10-3/h7-8H,4-6H2,1-3H3,(H,10,12). The maximum atomic E-state index is 11.3. The van der Waals surface area contributed by atoms with Crippen LogP contribution in [0.4, 0.5) is 4.79 Å². The first-order valence-corrected chi connectivity index (χ1v) is 5.70. The molecule has 1 fully saturated rings. The van der Waals surface area contributed by atoms with Crippen LogP contribution in [-0.4, -0.2) is 41.6 Å². The second-order valence-electron chi connectivity index (χ2n) is 3.60. The Bertz CT molecular complexity index is 184. The molecule has 1 aliphatic rings. The molecule has 1 atom stereocenters. The molecule has 1 aliphatic heterocycles. The Labute approximate surface area is 84.2 Å². The molecule has 2 amide bonds. The second kappa shape index (κ2) is 4.74. The van der Waals surface area contributed by atoms with E-state index in [9.17, 15) is 4.79 Å². The molecule has 0 saturated carbocycles. The van der Waals surface area contributed by atoms with Gasteiger partial charge < -0.3 is 10.2 Å². The number of carbonyl (C=O) groups excluding carboxylic acids is 1. The van der Waals surface area contributed by atoms with Crippen LogP contribution in [0.25, 0.3) is 0 Å². The summed E-state index contributed by atoms with van der Waals surface area (Å²) in [6, 6.07) is 0.0619. The molecule has 1 N–H and O–H groups in total. The first kappa shape index (κ1) is 10.7. The number of likely N-dealkylation sites (tertiary alicyclic amines) is 1. The van der Waals surface area contributed by atoms with Crippen LogP contribution >= 0.6 is 11.8 Å². The normalized spacial score (nSPS) is 22.5. The number of nitrogens with zero attached hydrogens (tertiary/aromatic N) is 1. The Morgan fingerprint density at radius 3 is 2.85 bits per heavy atom. The van der Waals surface area contributed by atoms with E-state index in [1.165, 1.54) is 0 Å². The first-order chi connectivity index (χ1) is 6.13. The minimum atomic E-state index is 0.0619. The molecule has 1 rings (SSSR count). The number of amides is 2. The van der Waals surface area contributed by atoms with Gasteiger partial charge >= 0.3 is 6.03 Å². The first-order valence-electron chi connectivity index (χ1n) is 4.75. The van der Waals surface area contributed by atoms with Crippen LogP contribution in [0.15, 0.2) is 0 Å². The third kappa shape index (κ3) is 3.10. The van der Waals surface area contributed by atoms with E-state index in [4.69, 9.17) is 0 Å². The maximum absolute atomic E-state index is 11.3. The summed E-state index contributed by atoms with van der Waals surface area (Å²) >= 11 is 1.97. The van der Waals surface area contributed by atoms with Crippen molar-refractivity contribution in [3.8, 4) is 0 Å². The summed E-state index contributed by atoms with van der Waals surface area (Å²) in [5.41, 5.74) is 0. The fourth-order valence-corrected chi connectivity index (χ4v) is 2.84. The van der Waals surface area contributed by atoms with Crippen LogP contribution in [0, 0.1) is 0 Å². The number of nitrogens with one attached hydrogen (secondary N) is 1. The molecular formula is C9H18N2OS. The third-order valence-corrected chi connectivity index (χ3v) is 3.42. The molecule has 0 aromatic rings. The molecule has 0 bridgehead atoms. The zero-order chi connectivity index (χ0) is 9.84. The van der Waals surface area contributed by atoms with Gasteiger partial charge in [-0.2, -0.15) is 11.8 Å². The summed E-state index contributed by atoms with van der Waals surface area (Å²) in [4.78, 5) is 13.1. The SMILES string of the molecule is CNC(=O)N1CCC(SC(C)C)C1. The number of carbonyl (C=O) groups is 1. The highest BCUT2D eigenvalue weighted by Crippen LogP contribution is 2.25. The summed E-state index contributed by atoms with van der Waals surface area (Å²) in [5.74, 6) is 0. The number of urea groups is 1.